The summed E-state index contributed by atoms with van der Waals surface area (Å²) in [5.41, 5.74) is 1.14. The van der Waals surface area contributed by atoms with Gasteiger partial charge in [-0.1, -0.05) is 53.5 Å². The standard InChI is InChI=1S/C14H14Cl2N2O/c15-11-7-13(16)14(17-8-11)18-12(9-19)6-10-4-2-1-3-5-10/h1-5,7-8,12,19H,6,9H2,(H,17,18). The van der Waals surface area contributed by atoms with Crippen LogP contribution in [0.1, 0.15) is 5.56 Å². The fourth-order valence-electron chi connectivity index (χ4n) is 1.77. The Kier molecular flexibility index (Phi) is 5.02. The van der Waals surface area contributed by atoms with Crippen molar-refractivity contribution in [2.45, 2.75) is 12.5 Å². The second kappa shape index (κ2) is 6.75. The van der Waals surface area contributed by atoms with Gasteiger partial charge in [0.15, 0.2) is 0 Å². The molecule has 0 aliphatic heterocycles. The predicted molar refractivity (Wildman–Crippen MR) is 78.9 cm³/mol. The van der Waals surface area contributed by atoms with Crippen LogP contribution in [0.2, 0.25) is 10.0 Å². The molecule has 0 amide bonds. The molecule has 1 aromatic carbocycles. The lowest BCUT2D eigenvalue weighted by Crippen LogP contribution is -2.27. The molecule has 19 heavy (non-hydrogen) atoms. The van der Waals surface area contributed by atoms with Crippen LogP contribution in [-0.4, -0.2) is 22.7 Å². The Bertz CT molecular complexity index is 534. The third kappa shape index (κ3) is 4.10. The maximum absolute atomic E-state index is 9.43. The molecule has 0 saturated heterocycles. The highest BCUT2D eigenvalue weighted by atomic mass is 35.5. The summed E-state index contributed by atoms with van der Waals surface area (Å²) in [4.78, 5) is 4.12. The molecule has 3 nitrogen and oxygen atoms in total. The van der Waals surface area contributed by atoms with Gasteiger partial charge in [-0.15, -0.1) is 0 Å². The van der Waals surface area contributed by atoms with E-state index in [4.69, 9.17) is 23.2 Å². The average molecular weight is 297 g/mol. The summed E-state index contributed by atoms with van der Waals surface area (Å²) in [5.74, 6) is 0.529. The molecule has 2 aromatic rings. The van der Waals surface area contributed by atoms with Crippen LogP contribution in [0.15, 0.2) is 42.6 Å². The first-order chi connectivity index (χ1) is 9.19. The third-order valence-electron chi connectivity index (χ3n) is 2.69. The van der Waals surface area contributed by atoms with Gasteiger partial charge < -0.3 is 10.4 Å². The van der Waals surface area contributed by atoms with Gasteiger partial charge in [-0.25, -0.2) is 4.98 Å². The van der Waals surface area contributed by atoms with Crippen LogP contribution in [0.4, 0.5) is 5.82 Å². The van der Waals surface area contributed by atoms with Crippen molar-refractivity contribution in [3.63, 3.8) is 0 Å². The normalized spacial score (nSPS) is 12.2. The van der Waals surface area contributed by atoms with Crippen molar-refractivity contribution in [1.29, 1.82) is 0 Å². The minimum absolute atomic E-state index is 0.00443. The maximum atomic E-state index is 9.43. The summed E-state index contributed by atoms with van der Waals surface area (Å²) in [6.45, 7) is -0.00443. The quantitative estimate of drug-likeness (QED) is 0.889. The third-order valence-corrected chi connectivity index (χ3v) is 3.19. The number of aromatic nitrogens is 1. The molecular formula is C14H14Cl2N2O. The number of benzene rings is 1. The minimum Gasteiger partial charge on any atom is -0.394 e. The summed E-state index contributed by atoms with van der Waals surface area (Å²) in [6.07, 6.45) is 2.21. The number of aliphatic hydroxyl groups excluding tert-OH is 1. The van der Waals surface area contributed by atoms with E-state index in [1.165, 1.54) is 6.20 Å². The van der Waals surface area contributed by atoms with Crippen LogP contribution < -0.4 is 5.32 Å². The Morgan fingerprint density at radius 3 is 2.58 bits per heavy atom. The molecule has 0 aliphatic rings. The molecule has 100 valence electrons. The van der Waals surface area contributed by atoms with Gasteiger partial charge in [-0.05, 0) is 18.1 Å². The summed E-state index contributed by atoms with van der Waals surface area (Å²) in [5, 5.41) is 13.5. The summed E-state index contributed by atoms with van der Waals surface area (Å²) >= 11 is 11.8. The Hall–Kier alpha value is -1.29. The van der Waals surface area contributed by atoms with Gasteiger partial charge in [0, 0.05) is 6.20 Å². The van der Waals surface area contributed by atoms with Crippen molar-refractivity contribution in [1.82, 2.24) is 4.98 Å². The number of aliphatic hydroxyl groups is 1. The van der Waals surface area contributed by atoms with Gasteiger partial charge in [0.1, 0.15) is 5.82 Å². The van der Waals surface area contributed by atoms with Crippen LogP contribution in [0, 0.1) is 0 Å². The molecule has 1 heterocycles. The van der Waals surface area contributed by atoms with E-state index in [9.17, 15) is 5.11 Å². The van der Waals surface area contributed by atoms with Crippen molar-refractivity contribution >= 4 is 29.0 Å². The van der Waals surface area contributed by atoms with E-state index < -0.39 is 0 Å². The molecule has 1 aromatic heterocycles. The van der Waals surface area contributed by atoms with Gasteiger partial charge in [0.05, 0.1) is 22.7 Å². The fraction of sp³-hybridized carbons (Fsp3) is 0.214. The number of hydrogen-bond acceptors (Lipinski definition) is 3. The van der Waals surface area contributed by atoms with E-state index in [1.807, 2.05) is 30.3 Å². The molecule has 0 radical (unpaired) electrons. The predicted octanol–water partition coefficient (Wildman–Crippen LogP) is 3.40. The molecule has 1 atom stereocenters. The van der Waals surface area contributed by atoms with Gasteiger partial charge in [-0.2, -0.15) is 0 Å². The Morgan fingerprint density at radius 2 is 1.95 bits per heavy atom. The zero-order chi connectivity index (χ0) is 13.7. The SMILES string of the molecule is OCC(Cc1ccccc1)Nc1ncc(Cl)cc1Cl. The monoisotopic (exact) mass is 296 g/mol. The van der Waals surface area contributed by atoms with Crippen molar-refractivity contribution in [3.05, 3.63) is 58.2 Å². The van der Waals surface area contributed by atoms with Crippen LogP contribution in [0.3, 0.4) is 0 Å². The number of nitrogens with zero attached hydrogens (tertiary/aromatic N) is 1. The number of nitrogens with one attached hydrogen (secondary N) is 1. The molecule has 2 rings (SSSR count). The zero-order valence-electron chi connectivity index (χ0n) is 10.2. The van der Waals surface area contributed by atoms with Crippen LogP contribution in [0.25, 0.3) is 0 Å². The second-order valence-corrected chi connectivity index (χ2v) is 5.04. The fourth-order valence-corrected chi connectivity index (χ4v) is 2.21. The highest BCUT2D eigenvalue weighted by Gasteiger charge is 2.11. The number of hydrogen-bond donors (Lipinski definition) is 2. The molecule has 5 heteroatoms. The summed E-state index contributed by atoms with van der Waals surface area (Å²) in [7, 11) is 0. The Labute approximate surface area is 122 Å². The number of anilines is 1. The Morgan fingerprint density at radius 1 is 1.21 bits per heavy atom. The lowest BCUT2D eigenvalue weighted by molar-refractivity contribution is 0.273. The maximum Gasteiger partial charge on any atom is 0.145 e. The smallest absolute Gasteiger partial charge is 0.145 e. The first kappa shape index (κ1) is 14.1. The molecular weight excluding hydrogens is 283 g/mol. The highest BCUT2D eigenvalue weighted by molar-refractivity contribution is 6.35. The van der Waals surface area contributed by atoms with E-state index >= 15 is 0 Å². The molecule has 0 spiro atoms. The first-order valence-corrected chi connectivity index (χ1v) is 6.67. The van der Waals surface area contributed by atoms with E-state index in [0.29, 0.717) is 22.3 Å². The van der Waals surface area contributed by atoms with Gasteiger partial charge in [-0.3, -0.25) is 0 Å². The van der Waals surface area contributed by atoms with Crippen LogP contribution in [-0.2, 0) is 6.42 Å². The molecule has 0 saturated carbocycles. The van der Waals surface area contributed by atoms with E-state index in [0.717, 1.165) is 5.56 Å². The van der Waals surface area contributed by atoms with E-state index in [1.54, 1.807) is 6.07 Å². The van der Waals surface area contributed by atoms with Crippen molar-refractivity contribution in [2.24, 2.45) is 0 Å². The van der Waals surface area contributed by atoms with Crippen molar-refractivity contribution in [3.8, 4) is 0 Å². The molecule has 1 unspecified atom stereocenters. The van der Waals surface area contributed by atoms with Crippen molar-refractivity contribution in [2.75, 3.05) is 11.9 Å². The van der Waals surface area contributed by atoms with Crippen LogP contribution in [0.5, 0.6) is 0 Å². The molecule has 0 bridgehead atoms. The zero-order valence-corrected chi connectivity index (χ0v) is 11.7. The first-order valence-electron chi connectivity index (χ1n) is 5.91. The minimum atomic E-state index is -0.145. The molecule has 2 N–H and O–H groups in total. The lowest BCUT2D eigenvalue weighted by atomic mass is 10.1. The average Bonchev–Trinajstić information content (AvgIpc) is 2.42. The molecule has 0 aliphatic carbocycles. The molecule has 0 fully saturated rings. The summed E-state index contributed by atoms with van der Waals surface area (Å²) < 4.78 is 0. The number of halogens is 2. The van der Waals surface area contributed by atoms with Gasteiger partial charge in [0.25, 0.3) is 0 Å². The number of rotatable bonds is 5. The topological polar surface area (TPSA) is 45.1 Å². The van der Waals surface area contributed by atoms with E-state index in [-0.39, 0.29) is 12.6 Å². The largest absolute Gasteiger partial charge is 0.394 e. The number of pyridine rings is 1. The second-order valence-electron chi connectivity index (χ2n) is 4.20. The van der Waals surface area contributed by atoms with E-state index in [2.05, 4.69) is 10.3 Å². The van der Waals surface area contributed by atoms with Crippen LogP contribution >= 0.6 is 23.2 Å². The highest BCUT2D eigenvalue weighted by Crippen LogP contribution is 2.23. The van der Waals surface area contributed by atoms with Crippen molar-refractivity contribution < 1.29 is 5.11 Å². The van der Waals surface area contributed by atoms with Gasteiger partial charge >= 0.3 is 0 Å². The Balaban J connectivity index is 2.06. The van der Waals surface area contributed by atoms with Gasteiger partial charge in [0.2, 0.25) is 0 Å². The lowest BCUT2D eigenvalue weighted by Gasteiger charge is -2.17. The summed E-state index contributed by atoms with van der Waals surface area (Å²) in [6, 6.07) is 11.4.